The van der Waals surface area contributed by atoms with Crippen LogP contribution in [0, 0.1) is 0 Å². The number of aliphatic hydroxyl groups excluding tert-OH is 4. The van der Waals surface area contributed by atoms with E-state index in [1.54, 1.807) is 0 Å². The molecule has 4 unspecified atom stereocenters. The third-order valence-corrected chi connectivity index (χ3v) is 16.6. The molecule has 16 atom stereocenters. The van der Waals surface area contributed by atoms with E-state index in [2.05, 4.69) is 53.0 Å². The minimum atomic E-state index is -6.54. The Morgan fingerprint density at radius 1 is 0.707 bits per heavy atom. The van der Waals surface area contributed by atoms with Gasteiger partial charge in [0.2, 0.25) is 17.7 Å². The number of nitrogens with two attached hydrogens (primary N) is 3. The van der Waals surface area contributed by atoms with E-state index in [4.69, 9.17) is 49.7 Å². The maximum Gasteiger partial charge on any atom is 0.472 e. The lowest BCUT2D eigenvalue weighted by atomic mass is 10.1. The first-order valence-corrected chi connectivity index (χ1v) is 27.0. The molecule has 0 spiro atoms. The Kier molecular flexibility index (Phi) is 14.8. The molecular formula is C32H41N15O24P4-2. The zero-order valence-corrected chi connectivity index (χ0v) is 41.4. The summed E-state index contributed by atoms with van der Waals surface area (Å²) in [5.41, 5.74) is 15.2. The number of aryl methyl sites for hydroxylation is 1. The highest BCUT2D eigenvalue weighted by Crippen LogP contribution is 2.63. The lowest BCUT2D eigenvalue weighted by Gasteiger charge is -2.35. The molecule has 3 aliphatic rings. The summed E-state index contributed by atoms with van der Waals surface area (Å²) in [6.07, 6.45) is -16.3. The van der Waals surface area contributed by atoms with Crippen molar-refractivity contribution in [1.82, 2.24) is 53.6 Å². The average molecular weight is 1140 g/mol. The van der Waals surface area contributed by atoms with Crippen LogP contribution >= 0.6 is 31.3 Å². The van der Waals surface area contributed by atoms with E-state index in [0.717, 1.165) is 39.8 Å². The zero-order valence-electron chi connectivity index (χ0n) is 37.8. The number of ether oxygens (including phenoxy) is 4. The fourth-order valence-electron chi connectivity index (χ4n) is 8.29. The first kappa shape index (κ1) is 54.6. The van der Waals surface area contributed by atoms with Crippen LogP contribution in [-0.4, -0.2) is 161 Å². The van der Waals surface area contributed by atoms with Crippen molar-refractivity contribution in [3.8, 4) is 0 Å². The van der Waals surface area contributed by atoms with E-state index in [-0.39, 0.29) is 51.2 Å². The third-order valence-electron chi connectivity index (χ3n) is 11.5. The van der Waals surface area contributed by atoms with Gasteiger partial charge in [0.15, 0.2) is 41.4 Å². The molecule has 410 valence electrons. The number of H-pyrrole nitrogens is 2. The number of anilines is 3. The van der Waals surface area contributed by atoms with E-state index >= 15 is 0 Å². The maximum absolute atomic E-state index is 13.7. The van der Waals surface area contributed by atoms with Gasteiger partial charge in [-0.3, -0.25) is 56.0 Å². The molecule has 6 aromatic rings. The first-order chi connectivity index (χ1) is 35.2. The van der Waals surface area contributed by atoms with Gasteiger partial charge in [0.1, 0.15) is 66.8 Å². The molecular weight excluding hydrogens is 1100 g/mol. The summed E-state index contributed by atoms with van der Waals surface area (Å²) < 4.78 is 107. The van der Waals surface area contributed by atoms with Crippen LogP contribution in [0.15, 0.2) is 34.9 Å². The number of aliphatic hydroxyl groups is 4. The molecule has 0 radical (unpaired) electrons. The van der Waals surface area contributed by atoms with Crippen LogP contribution in [0.5, 0.6) is 0 Å². The van der Waals surface area contributed by atoms with E-state index in [9.17, 15) is 67.8 Å². The molecule has 13 N–H and O–H groups in total. The Morgan fingerprint density at radius 3 is 1.96 bits per heavy atom. The number of phosphoric acid groups is 4. The number of methoxy groups -OCH3 is 1. The number of imidazole rings is 3. The summed E-state index contributed by atoms with van der Waals surface area (Å²) in [6.45, 7) is -3.49. The van der Waals surface area contributed by atoms with Crippen LogP contribution in [0.25, 0.3) is 33.5 Å². The molecule has 0 saturated carbocycles. The quantitative estimate of drug-likeness (QED) is 0.0266. The van der Waals surface area contributed by atoms with Crippen molar-refractivity contribution >= 4 is 82.5 Å². The monoisotopic (exact) mass is 1140 g/mol. The number of nitrogens with zero attached hydrogens (tertiary/aromatic N) is 10. The molecule has 9 heterocycles. The highest BCUT2D eigenvalue weighted by molar-refractivity contribution is 7.65. The van der Waals surface area contributed by atoms with Gasteiger partial charge in [-0.05, 0) is 0 Å². The third kappa shape index (κ3) is 10.9. The van der Waals surface area contributed by atoms with E-state index in [1.165, 1.54) is 17.9 Å². The van der Waals surface area contributed by atoms with Gasteiger partial charge in [0.25, 0.3) is 40.5 Å². The molecule has 3 saturated heterocycles. The predicted octanol–water partition coefficient (Wildman–Crippen LogP) is -6.61. The number of aromatic nitrogens is 12. The summed E-state index contributed by atoms with van der Waals surface area (Å²) in [5, 5.41) is 43.1. The van der Waals surface area contributed by atoms with E-state index in [1.807, 2.05) is 0 Å². The van der Waals surface area contributed by atoms with Gasteiger partial charge in [-0.1, -0.05) is 4.98 Å². The topological polar surface area (TPSA) is 571 Å². The number of fused-ring (bicyclic) bond motifs is 3. The summed E-state index contributed by atoms with van der Waals surface area (Å²) >= 11 is 0. The van der Waals surface area contributed by atoms with Gasteiger partial charge < -0.3 is 85.2 Å². The van der Waals surface area contributed by atoms with Gasteiger partial charge in [-0.15, -0.1) is 0 Å². The number of aromatic amines is 2. The van der Waals surface area contributed by atoms with E-state index < -0.39 is 136 Å². The van der Waals surface area contributed by atoms with Crippen molar-refractivity contribution in [3.63, 3.8) is 0 Å². The number of rotatable bonds is 19. The van der Waals surface area contributed by atoms with Crippen molar-refractivity contribution in [2.75, 3.05) is 44.1 Å². The Balaban J connectivity index is 0.848. The highest BCUT2D eigenvalue weighted by Gasteiger charge is 2.53. The second-order valence-corrected chi connectivity index (χ2v) is 22.3. The second-order valence-electron chi connectivity index (χ2n) is 16.4. The number of hydrogen-bond acceptors (Lipinski definition) is 32. The van der Waals surface area contributed by atoms with Crippen molar-refractivity contribution in [3.05, 3.63) is 46.0 Å². The molecule has 43 heteroatoms. The van der Waals surface area contributed by atoms with Gasteiger partial charge in [0.05, 0.1) is 39.5 Å². The largest absolute Gasteiger partial charge is 0.756 e. The lowest BCUT2D eigenvalue weighted by molar-refractivity contribution is -0.745. The van der Waals surface area contributed by atoms with Crippen LogP contribution in [0.2, 0.25) is 0 Å². The Morgan fingerprint density at radius 2 is 1.28 bits per heavy atom. The zero-order chi connectivity index (χ0) is 54.3. The van der Waals surface area contributed by atoms with Crippen molar-refractivity contribution < 1.29 is 108 Å². The number of nitrogens with one attached hydrogen (secondary N) is 2. The molecule has 39 nitrogen and oxygen atoms in total. The van der Waals surface area contributed by atoms with Gasteiger partial charge in [-0.2, -0.15) is 4.98 Å². The second kappa shape index (κ2) is 20.3. The molecule has 3 aliphatic heterocycles. The normalized spacial score (nSPS) is 30.5. The average Bonchev–Trinajstić information content (AvgIpc) is 4.17. The van der Waals surface area contributed by atoms with Crippen molar-refractivity contribution in [2.45, 2.75) is 73.6 Å². The fraction of sp³-hybridized carbons (Fsp3) is 0.531. The van der Waals surface area contributed by atoms with Gasteiger partial charge in [-0.25, -0.2) is 37.7 Å². The fourth-order valence-corrected chi connectivity index (χ4v) is 12.6. The van der Waals surface area contributed by atoms with Crippen LogP contribution < -0.4 is 47.6 Å². The van der Waals surface area contributed by atoms with Crippen LogP contribution in [-0.2, 0) is 71.0 Å². The highest BCUT2D eigenvalue weighted by atomic mass is 31.3. The van der Waals surface area contributed by atoms with Crippen LogP contribution in [0.4, 0.5) is 17.7 Å². The lowest BCUT2D eigenvalue weighted by Crippen LogP contribution is -2.46. The van der Waals surface area contributed by atoms with Crippen molar-refractivity contribution in [1.29, 1.82) is 0 Å². The minimum Gasteiger partial charge on any atom is -0.756 e. The Hall–Kier alpha value is -5.15. The number of nitrogen functional groups attached to an aromatic ring is 3. The predicted molar refractivity (Wildman–Crippen MR) is 232 cm³/mol. The number of hydrogen-bond donors (Lipinski definition) is 10. The Bertz CT molecular complexity index is 3470. The summed E-state index contributed by atoms with van der Waals surface area (Å²) in [4.78, 5) is 102. The molecule has 75 heavy (non-hydrogen) atoms. The standard InChI is InChI=1S/C32H43N15O24P4/c1-44-9-47(25-15(44)27(53)43-32(35)41-25)29-19(51)17(49)11(67-29)4-64-73(56,57)70-75(60,61)71-74(58,59)65-5-12-20(62-2)21(30(68-12)45-7-38-13-22(33)36-6-37-23(13)45)69-72(54,55)63-3-10-16(48)18(50)28(66-10)46-8-39-14-24(46)40-31(34)42-26(14)52/h6-12,16-21,28-30,48-51H,3-5H2,1-2H3,(H11-,33,34,35,36,37,40,41,42,43,52,53,54,55,56,57,58,59,60,61)/p-2/t10-,11-,12-,16-,17-,18-,19-,20-,21-,28-,29-,30-/m1/s1. The van der Waals surface area contributed by atoms with Crippen molar-refractivity contribution in [2.24, 2.45) is 7.05 Å². The molecule has 3 fully saturated rings. The molecule has 0 aliphatic carbocycles. The van der Waals surface area contributed by atoms with Gasteiger partial charge in [0, 0.05) is 7.11 Å². The molecule has 0 bridgehead atoms. The smallest absolute Gasteiger partial charge is 0.472 e. The van der Waals surface area contributed by atoms with Crippen LogP contribution in [0.3, 0.4) is 0 Å². The number of phosphoric ester groups is 3. The summed E-state index contributed by atoms with van der Waals surface area (Å²) in [7, 11) is -21.9. The molecule has 6 aromatic heterocycles. The van der Waals surface area contributed by atoms with E-state index in [0.29, 0.717) is 0 Å². The molecule has 0 aromatic carbocycles. The minimum absolute atomic E-state index is 0.0232. The first-order valence-electron chi connectivity index (χ1n) is 21.1. The summed E-state index contributed by atoms with van der Waals surface area (Å²) in [5.74, 6) is -0.782. The molecule has 0 amide bonds. The Labute approximate surface area is 414 Å². The maximum atomic E-state index is 13.7. The molecule has 9 rings (SSSR count). The summed E-state index contributed by atoms with van der Waals surface area (Å²) in [6, 6.07) is 0. The van der Waals surface area contributed by atoms with Gasteiger partial charge >= 0.3 is 13.5 Å². The van der Waals surface area contributed by atoms with Crippen LogP contribution in [0.1, 0.15) is 18.7 Å². The SMILES string of the molecule is CO[C@H]1[C@@H](OP(=O)(O)OC[C@H]2O[C@@H](n3cnc4c(=O)[nH]c(N)nc43)[C@H](O)[C@@H]2O)[C@H](n2cnc3c(N)ncnc32)O[C@@H]1COP(=O)([O-])OP(=O)([O-])OP(=O)([O-])OC[C@H]1O[C@@H]([n+]2cn(C)c3c(=O)[nH]c(N)nc32)[C@H](O)[C@@H]1O.